The van der Waals surface area contributed by atoms with Crippen molar-refractivity contribution in [3.8, 4) is 0 Å². The number of nitrogens with one attached hydrogen (secondary N) is 2. The van der Waals surface area contributed by atoms with Crippen LogP contribution in [-0.2, 0) is 4.79 Å². The summed E-state index contributed by atoms with van der Waals surface area (Å²) in [7, 11) is 0. The van der Waals surface area contributed by atoms with Crippen LogP contribution in [0.1, 0.15) is 19.3 Å². The van der Waals surface area contributed by atoms with Gasteiger partial charge in [-0.1, -0.05) is 23.9 Å². The number of rotatable bonds is 7. The molecule has 2 rings (SSSR count). The molecule has 0 aromatic heterocycles. The van der Waals surface area contributed by atoms with Crippen molar-refractivity contribution in [2.24, 2.45) is 0 Å². The quantitative estimate of drug-likeness (QED) is 0.757. The molecular weight excluding hydrogens is 270 g/mol. The van der Waals surface area contributed by atoms with Gasteiger partial charge in [0.1, 0.15) is 0 Å². The van der Waals surface area contributed by atoms with Crippen LogP contribution in [0.25, 0.3) is 0 Å². The SMILES string of the molecule is O=C(CCNC1CC1)Nc1ccccc1SC(F)F. The standard InChI is InChI=1S/C13H16F2N2OS/c14-13(15)19-11-4-2-1-3-10(11)17-12(18)7-8-16-9-5-6-9/h1-4,9,13,16H,5-8H2,(H,17,18). The maximum atomic E-state index is 12.4. The summed E-state index contributed by atoms with van der Waals surface area (Å²) < 4.78 is 24.8. The van der Waals surface area contributed by atoms with Gasteiger partial charge in [0, 0.05) is 23.9 Å². The Kier molecular flexibility index (Phi) is 5.15. The van der Waals surface area contributed by atoms with E-state index >= 15 is 0 Å². The Morgan fingerprint density at radius 2 is 2.11 bits per heavy atom. The molecule has 104 valence electrons. The van der Waals surface area contributed by atoms with Crippen molar-refractivity contribution in [3.63, 3.8) is 0 Å². The number of carbonyl (C=O) groups excluding carboxylic acids is 1. The number of hydrogen-bond acceptors (Lipinski definition) is 3. The highest BCUT2D eigenvalue weighted by Crippen LogP contribution is 2.31. The molecule has 1 aromatic carbocycles. The summed E-state index contributed by atoms with van der Waals surface area (Å²) in [6.07, 6.45) is 2.70. The predicted octanol–water partition coefficient (Wildman–Crippen LogP) is 3.08. The number of thioether (sulfide) groups is 1. The van der Waals surface area contributed by atoms with Gasteiger partial charge >= 0.3 is 0 Å². The Morgan fingerprint density at radius 1 is 1.37 bits per heavy atom. The molecule has 3 nitrogen and oxygen atoms in total. The fourth-order valence-corrected chi connectivity index (χ4v) is 2.25. The molecule has 0 heterocycles. The molecule has 0 atom stereocenters. The second-order valence-corrected chi connectivity index (χ2v) is 5.43. The maximum absolute atomic E-state index is 12.4. The van der Waals surface area contributed by atoms with Crippen molar-refractivity contribution in [1.29, 1.82) is 0 Å². The number of hydrogen-bond donors (Lipinski definition) is 2. The Bertz CT molecular complexity index is 438. The smallest absolute Gasteiger partial charge is 0.288 e. The Hall–Kier alpha value is -1.14. The zero-order chi connectivity index (χ0) is 13.7. The van der Waals surface area contributed by atoms with Gasteiger partial charge in [0.2, 0.25) is 5.91 Å². The number of alkyl halides is 2. The summed E-state index contributed by atoms with van der Waals surface area (Å²) in [6.45, 7) is 0.626. The van der Waals surface area contributed by atoms with Gasteiger partial charge in [-0.15, -0.1) is 0 Å². The van der Waals surface area contributed by atoms with Gasteiger partial charge in [-0.25, -0.2) is 0 Å². The van der Waals surface area contributed by atoms with Crippen molar-refractivity contribution in [2.45, 2.75) is 36.0 Å². The highest BCUT2D eigenvalue weighted by Gasteiger charge is 2.20. The van der Waals surface area contributed by atoms with Crippen LogP contribution in [-0.4, -0.2) is 24.3 Å². The Morgan fingerprint density at radius 3 is 2.79 bits per heavy atom. The molecule has 1 amide bonds. The molecule has 0 bridgehead atoms. The van der Waals surface area contributed by atoms with E-state index in [2.05, 4.69) is 10.6 Å². The molecule has 1 aromatic rings. The number of anilines is 1. The van der Waals surface area contributed by atoms with E-state index in [9.17, 15) is 13.6 Å². The third-order valence-corrected chi connectivity index (χ3v) is 3.53. The lowest BCUT2D eigenvalue weighted by Gasteiger charge is -2.10. The van der Waals surface area contributed by atoms with E-state index in [1.807, 2.05) is 0 Å². The van der Waals surface area contributed by atoms with E-state index in [0.717, 1.165) is 0 Å². The molecular formula is C13H16F2N2OS. The van der Waals surface area contributed by atoms with Crippen LogP contribution in [0.5, 0.6) is 0 Å². The summed E-state index contributed by atoms with van der Waals surface area (Å²) in [4.78, 5) is 12.1. The highest BCUT2D eigenvalue weighted by molar-refractivity contribution is 7.99. The molecule has 1 fully saturated rings. The van der Waals surface area contributed by atoms with E-state index in [0.29, 0.717) is 41.4 Å². The highest BCUT2D eigenvalue weighted by atomic mass is 32.2. The summed E-state index contributed by atoms with van der Waals surface area (Å²) in [5, 5.41) is 5.91. The van der Waals surface area contributed by atoms with Crippen LogP contribution >= 0.6 is 11.8 Å². The Labute approximate surface area is 115 Å². The van der Waals surface area contributed by atoms with E-state index in [1.54, 1.807) is 24.3 Å². The monoisotopic (exact) mass is 286 g/mol. The van der Waals surface area contributed by atoms with Gasteiger partial charge in [0.05, 0.1) is 5.69 Å². The molecule has 2 N–H and O–H groups in total. The van der Waals surface area contributed by atoms with E-state index < -0.39 is 5.76 Å². The molecule has 0 radical (unpaired) electrons. The number of halogens is 2. The van der Waals surface area contributed by atoms with E-state index in [1.165, 1.54) is 12.8 Å². The average Bonchev–Trinajstić information content (AvgIpc) is 3.15. The first kappa shape index (κ1) is 14.3. The zero-order valence-corrected chi connectivity index (χ0v) is 11.2. The van der Waals surface area contributed by atoms with Gasteiger partial charge in [-0.2, -0.15) is 8.78 Å². The largest absolute Gasteiger partial charge is 0.325 e. The summed E-state index contributed by atoms with van der Waals surface area (Å²) in [5.41, 5.74) is 0.448. The van der Waals surface area contributed by atoms with Gasteiger partial charge in [0.25, 0.3) is 5.76 Å². The molecule has 0 unspecified atom stereocenters. The fourth-order valence-electron chi connectivity index (χ4n) is 1.66. The average molecular weight is 286 g/mol. The predicted molar refractivity (Wildman–Crippen MR) is 72.6 cm³/mol. The third kappa shape index (κ3) is 5.16. The Balaban J connectivity index is 1.84. The lowest BCUT2D eigenvalue weighted by atomic mass is 10.3. The third-order valence-electron chi connectivity index (χ3n) is 2.74. The molecule has 0 spiro atoms. The van der Waals surface area contributed by atoms with Crippen LogP contribution < -0.4 is 10.6 Å². The van der Waals surface area contributed by atoms with Crippen LogP contribution in [0.2, 0.25) is 0 Å². The van der Waals surface area contributed by atoms with E-state index in [-0.39, 0.29) is 5.91 Å². The summed E-state index contributed by atoms with van der Waals surface area (Å²) >= 11 is 0.442. The molecule has 1 aliphatic carbocycles. The molecule has 19 heavy (non-hydrogen) atoms. The van der Waals surface area contributed by atoms with Gasteiger partial charge < -0.3 is 10.6 Å². The zero-order valence-electron chi connectivity index (χ0n) is 10.4. The molecule has 6 heteroatoms. The molecule has 1 saturated carbocycles. The minimum atomic E-state index is -2.49. The second-order valence-electron chi connectivity index (χ2n) is 4.40. The molecule has 0 aliphatic heterocycles. The van der Waals surface area contributed by atoms with Crippen molar-refractivity contribution < 1.29 is 13.6 Å². The van der Waals surface area contributed by atoms with Gasteiger partial charge in [-0.05, 0) is 25.0 Å². The normalized spacial score (nSPS) is 14.7. The fraction of sp³-hybridized carbons (Fsp3) is 0.462. The van der Waals surface area contributed by atoms with Crippen LogP contribution in [0, 0.1) is 0 Å². The lowest BCUT2D eigenvalue weighted by Crippen LogP contribution is -2.23. The van der Waals surface area contributed by atoms with Crippen molar-refractivity contribution in [1.82, 2.24) is 5.32 Å². The summed E-state index contributed by atoms with van der Waals surface area (Å²) in [6, 6.07) is 7.17. The first-order valence-corrected chi connectivity index (χ1v) is 7.10. The van der Waals surface area contributed by atoms with Crippen LogP contribution in [0.15, 0.2) is 29.2 Å². The van der Waals surface area contributed by atoms with Crippen LogP contribution in [0.3, 0.4) is 0 Å². The molecule has 0 saturated heterocycles. The summed E-state index contributed by atoms with van der Waals surface area (Å²) in [5.74, 6) is -2.65. The van der Waals surface area contributed by atoms with Gasteiger partial charge in [-0.3, -0.25) is 4.79 Å². The first-order valence-electron chi connectivity index (χ1n) is 6.22. The first-order chi connectivity index (χ1) is 9.15. The second kappa shape index (κ2) is 6.86. The minimum Gasteiger partial charge on any atom is -0.325 e. The van der Waals surface area contributed by atoms with Crippen molar-refractivity contribution in [2.75, 3.05) is 11.9 Å². The maximum Gasteiger partial charge on any atom is 0.288 e. The van der Waals surface area contributed by atoms with Crippen molar-refractivity contribution >= 4 is 23.4 Å². The number of benzene rings is 1. The number of para-hydroxylation sites is 1. The van der Waals surface area contributed by atoms with Crippen molar-refractivity contribution in [3.05, 3.63) is 24.3 Å². The van der Waals surface area contributed by atoms with Gasteiger partial charge in [0.15, 0.2) is 0 Å². The number of carbonyl (C=O) groups is 1. The minimum absolute atomic E-state index is 0.157. The number of amides is 1. The lowest BCUT2D eigenvalue weighted by molar-refractivity contribution is -0.116. The molecule has 1 aliphatic rings. The van der Waals surface area contributed by atoms with Crippen LogP contribution in [0.4, 0.5) is 14.5 Å². The van der Waals surface area contributed by atoms with E-state index in [4.69, 9.17) is 0 Å². The topological polar surface area (TPSA) is 41.1 Å².